The van der Waals surface area contributed by atoms with Crippen LogP contribution in [0.15, 0.2) is 5.11 Å². The van der Waals surface area contributed by atoms with Crippen LogP contribution in [0.25, 0.3) is 10.4 Å². The summed E-state index contributed by atoms with van der Waals surface area (Å²) in [6, 6.07) is 0. The maximum absolute atomic E-state index is 8.59. The highest BCUT2D eigenvalue weighted by Gasteiger charge is 1.95. The first-order valence-corrected chi connectivity index (χ1v) is 10.7. The molecular weight excluding hydrogens is 414 g/mol. The molecule has 31 heavy (non-hydrogen) atoms. The maximum Gasteiger partial charge on any atom is 0.0701 e. The van der Waals surface area contributed by atoms with Gasteiger partial charge in [-0.25, -0.2) is 0 Å². The van der Waals surface area contributed by atoms with Crippen LogP contribution in [0.2, 0.25) is 0 Å². The van der Waals surface area contributed by atoms with Crippen molar-refractivity contribution in [1.82, 2.24) is 0 Å². The molecule has 12 nitrogen and oxygen atoms in total. The normalized spacial score (nSPS) is 11.0. The molecule has 0 unspecified atom stereocenters. The summed E-state index contributed by atoms with van der Waals surface area (Å²) in [5.41, 5.74) is 8.09. The predicted octanol–water partition coefficient (Wildman–Crippen LogP) is 0.812. The fraction of sp³-hybridized carbons (Fsp3) is 1.00. The fourth-order valence-corrected chi connectivity index (χ4v) is 1.96. The van der Waals surface area contributed by atoms with E-state index in [9.17, 15) is 0 Å². The highest BCUT2D eigenvalue weighted by molar-refractivity contribution is 4.44. The summed E-state index contributed by atoms with van der Waals surface area (Å²) in [5.74, 6) is 0. The molecule has 0 atom stereocenters. The summed E-state index contributed by atoms with van der Waals surface area (Å²) in [5, 5.41) is 12.0. The van der Waals surface area contributed by atoms with Crippen molar-refractivity contribution in [2.75, 3.05) is 119 Å². The zero-order chi connectivity index (χ0) is 22.5. The number of aliphatic hydroxyl groups excluding tert-OH is 1. The van der Waals surface area contributed by atoms with E-state index in [-0.39, 0.29) is 6.61 Å². The van der Waals surface area contributed by atoms with Crippen molar-refractivity contribution < 1.29 is 43.0 Å². The Morgan fingerprint density at radius 2 is 0.774 bits per heavy atom. The number of azide groups is 1. The third kappa shape index (κ3) is 28.9. The Kier molecular flexibility index (Phi) is 28.0. The van der Waals surface area contributed by atoms with E-state index < -0.39 is 0 Å². The molecule has 0 aromatic carbocycles. The van der Waals surface area contributed by atoms with Gasteiger partial charge in [-0.2, -0.15) is 0 Å². The predicted molar refractivity (Wildman–Crippen MR) is 112 cm³/mol. The second-order valence-electron chi connectivity index (χ2n) is 5.93. The van der Waals surface area contributed by atoms with E-state index in [2.05, 4.69) is 10.0 Å². The number of rotatable bonds is 27. The van der Waals surface area contributed by atoms with Crippen LogP contribution in [-0.4, -0.2) is 124 Å². The highest BCUT2D eigenvalue weighted by Crippen LogP contribution is 1.86. The van der Waals surface area contributed by atoms with Crippen LogP contribution in [-0.2, 0) is 37.9 Å². The van der Waals surface area contributed by atoms with Crippen LogP contribution >= 0.6 is 0 Å². The van der Waals surface area contributed by atoms with E-state index in [0.29, 0.717) is 119 Å². The van der Waals surface area contributed by atoms with Gasteiger partial charge in [0, 0.05) is 24.7 Å². The molecule has 0 saturated heterocycles. The van der Waals surface area contributed by atoms with E-state index in [1.54, 1.807) is 0 Å². The molecule has 0 bridgehead atoms. The van der Waals surface area contributed by atoms with Crippen molar-refractivity contribution in [1.29, 1.82) is 0 Å². The SMILES string of the molecule is [N-]=[N+]=NCCOCCOCCOCCOCCOCCOCCOCCOCCCO. The average molecular weight is 454 g/mol. The van der Waals surface area contributed by atoms with Gasteiger partial charge in [-0.3, -0.25) is 0 Å². The smallest absolute Gasteiger partial charge is 0.0701 e. The quantitative estimate of drug-likeness (QED) is 0.0827. The summed E-state index contributed by atoms with van der Waals surface area (Å²) >= 11 is 0. The molecule has 184 valence electrons. The largest absolute Gasteiger partial charge is 0.396 e. The fourth-order valence-electron chi connectivity index (χ4n) is 1.96. The van der Waals surface area contributed by atoms with E-state index in [1.807, 2.05) is 0 Å². The third-order valence-corrected chi connectivity index (χ3v) is 3.45. The van der Waals surface area contributed by atoms with Gasteiger partial charge in [0.2, 0.25) is 0 Å². The van der Waals surface area contributed by atoms with E-state index in [4.69, 9.17) is 48.5 Å². The van der Waals surface area contributed by atoms with Gasteiger partial charge in [0.15, 0.2) is 0 Å². The zero-order valence-corrected chi connectivity index (χ0v) is 18.5. The van der Waals surface area contributed by atoms with Crippen LogP contribution in [0.4, 0.5) is 0 Å². The van der Waals surface area contributed by atoms with Crippen molar-refractivity contribution in [2.24, 2.45) is 5.11 Å². The minimum absolute atomic E-state index is 0.148. The van der Waals surface area contributed by atoms with Gasteiger partial charge in [0.05, 0.1) is 99.1 Å². The molecule has 0 aliphatic rings. The topological polar surface area (TPSA) is 143 Å². The maximum atomic E-state index is 8.59. The Morgan fingerprint density at radius 1 is 0.484 bits per heavy atom. The van der Waals surface area contributed by atoms with Crippen molar-refractivity contribution in [2.45, 2.75) is 6.42 Å². The van der Waals surface area contributed by atoms with Gasteiger partial charge in [-0.05, 0) is 12.0 Å². The molecular formula is C19H39N3O9. The highest BCUT2D eigenvalue weighted by atomic mass is 16.6. The molecule has 0 aromatic rings. The lowest BCUT2D eigenvalue weighted by Gasteiger charge is -2.08. The van der Waals surface area contributed by atoms with Crippen molar-refractivity contribution >= 4 is 0 Å². The molecule has 0 aliphatic carbocycles. The monoisotopic (exact) mass is 453 g/mol. The van der Waals surface area contributed by atoms with Crippen molar-refractivity contribution in [3.8, 4) is 0 Å². The molecule has 0 spiro atoms. The lowest BCUT2D eigenvalue weighted by molar-refractivity contribution is -0.0231. The summed E-state index contributed by atoms with van der Waals surface area (Å²) < 4.78 is 42.7. The summed E-state index contributed by atoms with van der Waals surface area (Å²) in [6.45, 7) is 8.49. The van der Waals surface area contributed by atoms with Gasteiger partial charge in [0.25, 0.3) is 0 Å². The number of ether oxygens (including phenoxy) is 8. The number of hydrogen-bond acceptors (Lipinski definition) is 10. The number of nitrogens with zero attached hydrogens (tertiary/aromatic N) is 3. The third-order valence-electron chi connectivity index (χ3n) is 3.45. The molecule has 0 rings (SSSR count). The number of aliphatic hydroxyl groups is 1. The molecule has 0 saturated carbocycles. The summed E-state index contributed by atoms with van der Waals surface area (Å²) in [4.78, 5) is 2.63. The minimum Gasteiger partial charge on any atom is -0.396 e. The molecule has 12 heteroatoms. The summed E-state index contributed by atoms with van der Waals surface area (Å²) in [6.07, 6.45) is 0.651. The molecule has 0 amide bonds. The van der Waals surface area contributed by atoms with Crippen molar-refractivity contribution in [3.63, 3.8) is 0 Å². The van der Waals surface area contributed by atoms with E-state index in [0.717, 1.165) is 0 Å². The molecule has 0 fully saturated rings. The van der Waals surface area contributed by atoms with Gasteiger partial charge < -0.3 is 43.0 Å². The standard InChI is InChI=1S/C19H39N3O9/c20-22-21-2-5-25-7-9-27-11-13-29-15-17-31-19-18-30-16-14-28-12-10-26-8-6-24-4-1-3-23/h23H,1-19H2. The van der Waals surface area contributed by atoms with Gasteiger partial charge in [-0.1, -0.05) is 5.11 Å². The Balaban J connectivity index is 3.00. The number of hydrogen-bond donors (Lipinski definition) is 1. The first kappa shape index (κ1) is 29.9. The van der Waals surface area contributed by atoms with Crippen LogP contribution in [0.3, 0.4) is 0 Å². The molecule has 0 heterocycles. The molecule has 0 radical (unpaired) electrons. The first-order valence-electron chi connectivity index (χ1n) is 10.7. The lowest BCUT2D eigenvalue weighted by atomic mass is 10.5. The Bertz CT molecular complexity index is 389. The lowest BCUT2D eigenvalue weighted by Crippen LogP contribution is -2.15. The van der Waals surface area contributed by atoms with Gasteiger partial charge in [-0.15, -0.1) is 0 Å². The second kappa shape index (κ2) is 28.9. The average Bonchev–Trinajstić information content (AvgIpc) is 2.78. The Morgan fingerprint density at radius 3 is 1.06 bits per heavy atom. The zero-order valence-electron chi connectivity index (χ0n) is 18.5. The first-order chi connectivity index (χ1) is 15.4. The molecule has 0 aliphatic heterocycles. The summed E-state index contributed by atoms with van der Waals surface area (Å²) in [7, 11) is 0. The van der Waals surface area contributed by atoms with Gasteiger partial charge in [0.1, 0.15) is 0 Å². The second-order valence-corrected chi connectivity index (χ2v) is 5.93. The van der Waals surface area contributed by atoms with E-state index >= 15 is 0 Å². The Labute approximate surface area is 184 Å². The Hall–Kier alpha value is -1.05. The molecule has 1 N–H and O–H groups in total. The van der Waals surface area contributed by atoms with Crippen LogP contribution in [0.1, 0.15) is 6.42 Å². The van der Waals surface area contributed by atoms with Crippen LogP contribution in [0.5, 0.6) is 0 Å². The molecule has 0 aromatic heterocycles. The van der Waals surface area contributed by atoms with Crippen molar-refractivity contribution in [3.05, 3.63) is 10.4 Å². The van der Waals surface area contributed by atoms with Crippen LogP contribution in [0, 0.1) is 0 Å². The van der Waals surface area contributed by atoms with Gasteiger partial charge >= 0.3 is 0 Å². The van der Waals surface area contributed by atoms with E-state index in [1.165, 1.54) is 0 Å². The van der Waals surface area contributed by atoms with Crippen LogP contribution < -0.4 is 0 Å². The minimum atomic E-state index is 0.148.